The molecule has 0 atom stereocenters. The molecule has 0 saturated carbocycles. The second-order valence-electron chi connectivity index (χ2n) is 2.04. The third kappa shape index (κ3) is 2.51. The van der Waals surface area contributed by atoms with E-state index in [0.717, 1.165) is 0 Å². The molecule has 13 heavy (non-hydrogen) atoms. The van der Waals surface area contributed by atoms with Crippen molar-refractivity contribution in [2.45, 2.75) is 6.92 Å². The van der Waals surface area contributed by atoms with Gasteiger partial charge in [0.2, 0.25) is 5.71 Å². The molecule has 0 saturated heterocycles. The number of rotatable bonds is 4. The molecule has 6 heteroatoms. The summed E-state index contributed by atoms with van der Waals surface area (Å²) in [6, 6.07) is 0. The van der Waals surface area contributed by atoms with E-state index in [0.29, 0.717) is 12.3 Å². The maximum absolute atomic E-state index is 10.7. The molecule has 0 aliphatic rings. The van der Waals surface area contributed by atoms with Gasteiger partial charge in [-0.05, 0) is 6.92 Å². The molecule has 1 rings (SSSR count). The van der Waals surface area contributed by atoms with Crippen LogP contribution in [0.1, 0.15) is 12.6 Å². The predicted octanol–water partition coefficient (Wildman–Crippen LogP) is 0.968. The fourth-order valence-electron chi connectivity index (χ4n) is 0.654. The largest absolute Gasteiger partial charge is 0.476 e. The molecule has 0 amide bonds. The number of nitrogens with zero attached hydrogens (tertiary/aromatic N) is 2. The van der Waals surface area contributed by atoms with Crippen LogP contribution in [0.5, 0.6) is 0 Å². The SMILES string of the molecule is CCON=C(C(=O)O)c1cscn1. The molecule has 0 aliphatic carbocycles. The Morgan fingerprint density at radius 1 is 1.85 bits per heavy atom. The van der Waals surface area contributed by atoms with Gasteiger partial charge in [-0.2, -0.15) is 0 Å². The van der Waals surface area contributed by atoms with Crippen LogP contribution in [0.2, 0.25) is 0 Å². The van der Waals surface area contributed by atoms with Crippen molar-refractivity contribution in [2.75, 3.05) is 6.61 Å². The van der Waals surface area contributed by atoms with Gasteiger partial charge in [0, 0.05) is 5.38 Å². The van der Waals surface area contributed by atoms with Crippen molar-refractivity contribution in [3.05, 3.63) is 16.6 Å². The van der Waals surface area contributed by atoms with Crippen molar-refractivity contribution < 1.29 is 14.7 Å². The van der Waals surface area contributed by atoms with Crippen LogP contribution in [0.4, 0.5) is 0 Å². The number of carboxylic acid groups (broad SMARTS) is 1. The van der Waals surface area contributed by atoms with Gasteiger partial charge >= 0.3 is 5.97 Å². The van der Waals surface area contributed by atoms with Crippen molar-refractivity contribution in [3.63, 3.8) is 0 Å². The average molecular weight is 200 g/mol. The molecule has 0 radical (unpaired) electrons. The Morgan fingerprint density at radius 3 is 3.08 bits per heavy atom. The molecule has 0 aliphatic heterocycles. The summed E-state index contributed by atoms with van der Waals surface area (Å²) in [6.07, 6.45) is 0. The lowest BCUT2D eigenvalue weighted by Gasteiger charge is -1.96. The lowest BCUT2D eigenvalue weighted by molar-refractivity contribution is -0.129. The molecule has 0 aromatic carbocycles. The number of hydrogen-bond acceptors (Lipinski definition) is 5. The maximum atomic E-state index is 10.7. The van der Waals surface area contributed by atoms with Gasteiger partial charge in [-0.3, -0.25) is 0 Å². The highest BCUT2D eigenvalue weighted by Crippen LogP contribution is 2.03. The summed E-state index contributed by atoms with van der Waals surface area (Å²) in [5.74, 6) is -1.14. The molecule has 1 N–H and O–H groups in total. The number of aliphatic carboxylic acids is 1. The van der Waals surface area contributed by atoms with Gasteiger partial charge in [-0.15, -0.1) is 11.3 Å². The number of carbonyl (C=O) groups is 1. The van der Waals surface area contributed by atoms with Crippen LogP contribution in [0.15, 0.2) is 16.0 Å². The Labute approximate surface area is 78.7 Å². The molecular weight excluding hydrogens is 192 g/mol. The molecule has 0 bridgehead atoms. The van der Waals surface area contributed by atoms with E-state index in [9.17, 15) is 4.79 Å². The van der Waals surface area contributed by atoms with E-state index in [1.165, 1.54) is 11.3 Å². The van der Waals surface area contributed by atoms with E-state index in [-0.39, 0.29) is 5.71 Å². The standard InChI is InChI=1S/C7H8N2O3S/c1-2-12-9-6(7(10)11)5-3-13-4-8-5/h3-4H,2H2,1H3,(H,10,11). The summed E-state index contributed by atoms with van der Waals surface area (Å²) >= 11 is 1.31. The Balaban J connectivity index is 2.87. The normalized spacial score (nSPS) is 11.3. The van der Waals surface area contributed by atoms with Crippen LogP contribution in [0.3, 0.4) is 0 Å². The van der Waals surface area contributed by atoms with Crippen molar-refractivity contribution in [1.29, 1.82) is 0 Å². The quantitative estimate of drug-likeness (QED) is 0.580. The summed E-state index contributed by atoms with van der Waals surface area (Å²) in [6.45, 7) is 2.06. The van der Waals surface area contributed by atoms with Gasteiger partial charge in [-0.1, -0.05) is 5.16 Å². The number of thiazole rings is 1. The molecule has 1 aromatic rings. The minimum atomic E-state index is -1.14. The Hall–Kier alpha value is -1.43. The summed E-state index contributed by atoms with van der Waals surface area (Å²) in [5.41, 5.74) is 1.70. The van der Waals surface area contributed by atoms with E-state index in [1.54, 1.807) is 17.8 Å². The fraction of sp³-hybridized carbons (Fsp3) is 0.286. The zero-order chi connectivity index (χ0) is 9.68. The van der Waals surface area contributed by atoms with Gasteiger partial charge in [0.1, 0.15) is 12.3 Å². The van der Waals surface area contributed by atoms with Gasteiger partial charge in [0.05, 0.1) is 5.51 Å². The van der Waals surface area contributed by atoms with Gasteiger partial charge in [-0.25, -0.2) is 9.78 Å². The molecule has 5 nitrogen and oxygen atoms in total. The first kappa shape index (κ1) is 9.66. The minimum Gasteiger partial charge on any atom is -0.476 e. The zero-order valence-corrected chi connectivity index (χ0v) is 7.74. The van der Waals surface area contributed by atoms with Crippen molar-refractivity contribution in [3.8, 4) is 0 Å². The number of carboxylic acids is 1. The summed E-state index contributed by atoms with van der Waals surface area (Å²) in [5, 5.41) is 13.8. The second-order valence-corrected chi connectivity index (χ2v) is 2.76. The van der Waals surface area contributed by atoms with E-state index >= 15 is 0 Å². The van der Waals surface area contributed by atoms with E-state index in [2.05, 4.69) is 15.0 Å². The van der Waals surface area contributed by atoms with E-state index in [1.807, 2.05) is 0 Å². The molecule has 0 unspecified atom stereocenters. The number of oxime groups is 1. The van der Waals surface area contributed by atoms with Crippen molar-refractivity contribution in [2.24, 2.45) is 5.16 Å². The monoisotopic (exact) mass is 200 g/mol. The summed E-state index contributed by atoms with van der Waals surface area (Å²) in [4.78, 5) is 19.1. The van der Waals surface area contributed by atoms with Crippen LogP contribution in [-0.2, 0) is 9.63 Å². The lowest BCUT2D eigenvalue weighted by atomic mass is 10.3. The molecular formula is C7H8N2O3S. The zero-order valence-electron chi connectivity index (χ0n) is 6.93. The Bertz CT molecular complexity index is 308. The maximum Gasteiger partial charge on any atom is 0.360 e. The van der Waals surface area contributed by atoms with Crippen LogP contribution in [-0.4, -0.2) is 28.4 Å². The number of hydrogen-bond donors (Lipinski definition) is 1. The third-order valence-corrected chi connectivity index (χ3v) is 1.75. The van der Waals surface area contributed by atoms with Gasteiger partial charge in [0.25, 0.3) is 0 Å². The molecule has 0 spiro atoms. The lowest BCUT2D eigenvalue weighted by Crippen LogP contribution is -2.15. The smallest absolute Gasteiger partial charge is 0.360 e. The Morgan fingerprint density at radius 2 is 2.62 bits per heavy atom. The van der Waals surface area contributed by atoms with Gasteiger partial charge < -0.3 is 9.94 Å². The summed E-state index contributed by atoms with van der Waals surface area (Å²) in [7, 11) is 0. The first-order valence-corrected chi connectivity index (χ1v) is 4.51. The van der Waals surface area contributed by atoms with Crippen LogP contribution < -0.4 is 0 Å². The molecule has 1 heterocycles. The fourth-order valence-corrected chi connectivity index (χ4v) is 1.19. The topological polar surface area (TPSA) is 71.8 Å². The first-order valence-electron chi connectivity index (χ1n) is 3.57. The minimum absolute atomic E-state index is 0.164. The van der Waals surface area contributed by atoms with Crippen molar-refractivity contribution >= 4 is 23.0 Å². The second kappa shape index (κ2) is 4.56. The number of aromatic nitrogens is 1. The highest BCUT2D eigenvalue weighted by atomic mass is 32.1. The van der Waals surface area contributed by atoms with Crippen molar-refractivity contribution in [1.82, 2.24) is 4.98 Å². The summed E-state index contributed by atoms with van der Waals surface area (Å²) < 4.78 is 0. The molecule has 1 aromatic heterocycles. The third-order valence-electron chi connectivity index (χ3n) is 1.16. The highest BCUT2D eigenvalue weighted by Gasteiger charge is 2.15. The highest BCUT2D eigenvalue weighted by molar-refractivity contribution is 7.07. The Kier molecular flexibility index (Phi) is 3.39. The first-order chi connectivity index (χ1) is 6.25. The van der Waals surface area contributed by atoms with Crippen LogP contribution in [0, 0.1) is 0 Å². The predicted molar refractivity (Wildman–Crippen MR) is 47.9 cm³/mol. The van der Waals surface area contributed by atoms with Crippen LogP contribution in [0.25, 0.3) is 0 Å². The van der Waals surface area contributed by atoms with E-state index < -0.39 is 5.97 Å². The van der Waals surface area contributed by atoms with Crippen LogP contribution >= 0.6 is 11.3 Å². The molecule has 0 fully saturated rings. The van der Waals surface area contributed by atoms with Gasteiger partial charge in [0.15, 0.2) is 0 Å². The average Bonchev–Trinajstić information content (AvgIpc) is 2.57. The molecule has 70 valence electrons. The van der Waals surface area contributed by atoms with E-state index in [4.69, 9.17) is 5.11 Å².